The Hall–Kier alpha value is -1.97. The number of carbonyl (C=O) groups is 1. The highest BCUT2D eigenvalue weighted by atomic mass is 16.6. The highest BCUT2D eigenvalue weighted by molar-refractivity contribution is 5.83. The first-order chi connectivity index (χ1) is 10.1. The van der Waals surface area contributed by atoms with E-state index in [1.807, 2.05) is 31.2 Å². The number of hydrogen-bond donors (Lipinski definition) is 2. The van der Waals surface area contributed by atoms with E-state index < -0.39 is 0 Å². The Bertz CT molecular complexity index is 647. The number of H-pyrrole nitrogens is 1. The third-order valence-corrected chi connectivity index (χ3v) is 4.37. The standard InChI is InChI=1S/C17H22N2O2/c1-11-7-8-13-10-16(18-15(13)9-11)21-17(20)19-14-6-4-3-5-12(14)2/h7-10,12,14,18H,3-6H2,1-2H3,(H,19,20)/t12-,14+/m0/s1. The fourth-order valence-corrected chi connectivity index (χ4v) is 3.08. The summed E-state index contributed by atoms with van der Waals surface area (Å²) in [6.07, 6.45) is 4.30. The number of benzene rings is 1. The van der Waals surface area contributed by atoms with Crippen molar-refractivity contribution in [3.05, 3.63) is 29.8 Å². The van der Waals surface area contributed by atoms with Crippen molar-refractivity contribution < 1.29 is 9.53 Å². The van der Waals surface area contributed by atoms with Gasteiger partial charge in [0.1, 0.15) is 0 Å². The second-order valence-corrected chi connectivity index (χ2v) is 6.13. The first-order valence-electron chi connectivity index (χ1n) is 7.69. The van der Waals surface area contributed by atoms with Crippen molar-refractivity contribution in [3.63, 3.8) is 0 Å². The molecule has 1 aliphatic carbocycles. The average molecular weight is 286 g/mol. The summed E-state index contributed by atoms with van der Waals surface area (Å²) in [4.78, 5) is 15.1. The molecule has 0 bridgehead atoms. The van der Waals surface area contributed by atoms with E-state index in [2.05, 4.69) is 17.2 Å². The Labute approximate surface area is 124 Å². The van der Waals surface area contributed by atoms with Gasteiger partial charge in [0.25, 0.3) is 0 Å². The van der Waals surface area contributed by atoms with Crippen molar-refractivity contribution in [2.24, 2.45) is 5.92 Å². The predicted octanol–water partition coefficient (Wildman–Crippen LogP) is 4.14. The topological polar surface area (TPSA) is 54.1 Å². The summed E-state index contributed by atoms with van der Waals surface area (Å²) in [5.41, 5.74) is 2.17. The number of amides is 1. The molecule has 0 aliphatic heterocycles. The normalized spacial score (nSPS) is 22.2. The summed E-state index contributed by atoms with van der Waals surface area (Å²) in [7, 11) is 0. The minimum Gasteiger partial charge on any atom is -0.393 e. The summed E-state index contributed by atoms with van der Waals surface area (Å²) in [5, 5.41) is 4.04. The average Bonchev–Trinajstić information content (AvgIpc) is 2.82. The van der Waals surface area contributed by atoms with Crippen molar-refractivity contribution in [2.75, 3.05) is 0 Å². The molecular formula is C17H22N2O2. The van der Waals surface area contributed by atoms with E-state index in [1.54, 1.807) is 0 Å². The molecule has 1 aromatic heterocycles. The molecule has 1 aromatic carbocycles. The number of nitrogens with one attached hydrogen (secondary N) is 2. The van der Waals surface area contributed by atoms with Crippen LogP contribution >= 0.6 is 0 Å². The van der Waals surface area contributed by atoms with Crippen LogP contribution in [0.3, 0.4) is 0 Å². The van der Waals surface area contributed by atoms with E-state index in [0.29, 0.717) is 11.8 Å². The molecule has 2 atom stereocenters. The van der Waals surface area contributed by atoms with Crippen molar-refractivity contribution in [2.45, 2.75) is 45.6 Å². The molecule has 21 heavy (non-hydrogen) atoms. The monoisotopic (exact) mass is 286 g/mol. The number of rotatable bonds is 2. The highest BCUT2D eigenvalue weighted by Gasteiger charge is 2.23. The minimum absolute atomic E-state index is 0.234. The van der Waals surface area contributed by atoms with E-state index in [1.165, 1.54) is 24.8 Å². The van der Waals surface area contributed by atoms with Crippen LogP contribution in [0.2, 0.25) is 0 Å². The van der Waals surface area contributed by atoms with E-state index >= 15 is 0 Å². The summed E-state index contributed by atoms with van der Waals surface area (Å²) in [6.45, 7) is 4.23. The maximum Gasteiger partial charge on any atom is 0.414 e. The number of aromatic nitrogens is 1. The number of hydrogen-bond acceptors (Lipinski definition) is 2. The zero-order valence-corrected chi connectivity index (χ0v) is 12.6. The molecule has 112 valence electrons. The van der Waals surface area contributed by atoms with Gasteiger partial charge in [-0.15, -0.1) is 0 Å². The molecule has 4 heteroatoms. The maximum absolute atomic E-state index is 12.0. The number of aryl methyl sites for hydroxylation is 1. The summed E-state index contributed by atoms with van der Waals surface area (Å²) in [6, 6.07) is 8.21. The van der Waals surface area contributed by atoms with Gasteiger partial charge in [0.2, 0.25) is 5.88 Å². The van der Waals surface area contributed by atoms with Gasteiger partial charge in [-0.3, -0.25) is 0 Å². The number of carbonyl (C=O) groups excluding carboxylic acids is 1. The van der Waals surface area contributed by atoms with Crippen LogP contribution in [-0.4, -0.2) is 17.1 Å². The second-order valence-electron chi connectivity index (χ2n) is 6.13. The van der Waals surface area contributed by atoms with Gasteiger partial charge in [-0.05, 0) is 37.3 Å². The zero-order chi connectivity index (χ0) is 14.8. The summed E-state index contributed by atoms with van der Waals surface area (Å²) < 4.78 is 5.38. The molecule has 0 radical (unpaired) electrons. The molecule has 2 aromatic rings. The van der Waals surface area contributed by atoms with Crippen molar-refractivity contribution >= 4 is 17.0 Å². The van der Waals surface area contributed by atoms with Gasteiger partial charge < -0.3 is 15.0 Å². The molecule has 1 heterocycles. The zero-order valence-electron chi connectivity index (χ0n) is 12.6. The molecule has 1 fully saturated rings. The third-order valence-electron chi connectivity index (χ3n) is 4.37. The van der Waals surface area contributed by atoms with Gasteiger partial charge in [0.05, 0.1) is 0 Å². The van der Waals surface area contributed by atoms with Crippen LogP contribution in [0.5, 0.6) is 5.88 Å². The first kappa shape index (κ1) is 14.0. The smallest absolute Gasteiger partial charge is 0.393 e. The highest BCUT2D eigenvalue weighted by Crippen LogP contribution is 2.24. The van der Waals surface area contributed by atoms with Crippen LogP contribution in [0.1, 0.15) is 38.2 Å². The Kier molecular flexibility index (Phi) is 3.86. The fraction of sp³-hybridized carbons (Fsp3) is 0.471. The molecule has 4 nitrogen and oxygen atoms in total. The van der Waals surface area contributed by atoms with E-state index in [-0.39, 0.29) is 12.1 Å². The van der Waals surface area contributed by atoms with Crippen molar-refractivity contribution in [3.8, 4) is 5.88 Å². The minimum atomic E-state index is -0.364. The predicted molar refractivity (Wildman–Crippen MR) is 83.6 cm³/mol. The quantitative estimate of drug-likeness (QED) is 0.871. The van der Waals surface area contributed by atoms with Crippen LogP contribution in [0, 0.1) is 12.8 Å². The third kappa shape index (κ3) is 3.20. The molecular weight excluding hydrogens is 264 g/mol. The van der Waals surface area contributed by atoms with Crippen LogP contribution in [0.4, 0.5) is 4.79 Å². The molecule has 3 rings (SSSR count). The van der Waals surface area contributed by atoms with E-state index in [9.17, 15) is 4.79 Å². The van der Waals surface area contributed by atoms with E-state index in [0.717, 1.165) is 17.3 Å². The van der Waals surface area contributed by atoms with Gasteiger partial charge >= 0.3 is 6.09 Å². The molecule has 1 aliphatic rings. The number of aromatic amines is 1. The van der Waals surface area contributed by atoms with Crippen molar-refractivity contribution in [1.82, 2.24) is 10.3 Å². The van der Waals surface area contributed by atoms with Gasteiger partial charge in [0, 0.05) is 23.0 Å². The van der Waals surface area contributed by atoms with Crippen LogP contribution < -0.4 is 10.1 Å². The lowest BCUT2D eigenvalue weighted by atomic mass is 9.86. The lowest BCUT2D eigenvalue weighted by molar-refractivity contribution is 0.182. The fourth-order valence-electron chi connectivity index (χ4n) is 3.08. The largest absolute Gasteiger partial charge is 0.414 e. The molecule has 0 unspecified atom stereocenters. The maximum atomic E-state index is 12.0. The number of ether oxygens (including phenoxy) is 1. The van der Waals surface area contributed by atoms with Crippen LogP contribution in [0.15, 0.2) is 24.3 Å². The van der Waals surface area contributed by atoms with Gasteiger partial charge in [-0.1, -0.05) is 31.9 Å². The summed E-state index contributed by atoms with van der Waals surface area (Å²) in [5.74, 6) is 1.02. The molecule has 0 saturated heterocycles. The SMILES string of the molecule is Cc1ccc2cc(OC(=O)N[C@@H]3CCCC[C@@H]3C)[nH]c2c1. The van der Waals surface area contributed by atoms with E-state index in [4.69, 9.17) is 4.74 Å². The Morgan fingerprint density at radius 1 is 1.29 bits per heavy atom. The molecule has 1 amide bonds. The Balaban J connectivity index is 1.65. The summed E-state index contributed by atoms with van der Waals surface area (Å²) >= 11 is 0. The molecule has 2 N–H and O–H groups in total. The first-order valence-corrected chi connectivity index (χ1v) is 7.69. The lowest BCUT2D eigenvalue weighted by Gasteiger charge is -2.28. The van der Waals surface area contributed by atoms with Gasteiger partial charge in [0.15, 0.2) is 0 Å². The Morgan fingerprint density at radius 2 is 2.10 bits per heavy atom. The molecule has 1 saturated carbocycles. The Morgan fingerprint density at radius 3 is 2.90 bits per heavy atom. The lowest BCUT2D eigenvalue weighted by Crippen LogP contribution is -2.42. The van der Waals surface area contributed by atoms with Crippen LogP contribution in [-0.2, 0) is 0 Å². The second kappa shape index (κ2) is 5.80. The molecule has 0 spiro atoms. The van der Waals surface area contributed by atoms with Gasteiger partial charge in [-0.25, -0.2) is 4.79 Å². The van der Waals surface area contributed by atoms with Gasteiger partial charge in [-0.2, -0.15) is 0 Å². The van der Waals surface area contributed by atoms with Crippen molar-refractivity contribution in [1.29, 1.82) is 0 Å². The number of fused-ring (bicyclic) bond motifs is 1. The van der Waals surface area contributed by atoms with Crippen LogP contribution in [0.25, 0.3) is 10.9 Å².